The number of rotatable bonds is 1. The Morgan fingerprint density at radius 3 is 2.94 bits per heavy atom. The minimum atomic E-state index is 0.448. The fourth-order valence-corrected chi connectivity index (χ4v) is 3.90. The Morgan fingerprint density at radius 2 is 2.22 bits per heavy atom. The molecule has 0 saturated carbocycles. The van der Waals surface area contributed by atoms with Crippen molar-refractivity contribution in [2.45, 2.75) is 25.3 Å². The van der Waals surface area contributed by atoms with Crippen LogP contribution in [-0.4, -0.2) is 11.1 Å². The maximum atomic E-state index is 6.09. The van der Waals surface area contributed by atoms with Gasteiger partial charge in [-0.05, 0) is 53.5 Å². The quantitative estimate of drug-likeness (QED) is 0.821. The van der Waals surface area contributed by atoms with Crippen molar-refractivity contribution >= 4 is 38.4 Å². The van der Waals surface area contributed by atoms with Crippen molar-refractivity contribution in [1.82, 2.24) is 9.88 Å². The number of fused-ring (bicyclic) bond motifs is 1. The van der Waals surface area contributed by atoms with E-state index in [2.05, 4.69) is 38.9 Å². The van der Waals surface area contributed by atoms with Gasteiger partial charge >= 0.3 is 0 Å². The van der Waals surface area contributed by atoms with E-state index in [0.717, 1.165) is 11.6 Å². The monoisotopic (exact) mass is 326 g/mol. The van der Waals surface area contributed by atoms with Gasteiger partial charge in [0.25, 0.3) is 0 Å². The maximum Gasteiger partial charge on any atom is 0.0499 e. The molecule has 1 aromatic heterocycles. The van der Waals surface area contributed by atoms with Gasteiger partial charge < -0.3 is 9.88 Å². The molecule has 0 amide bonds. The minimum absolute atomic E-state index is 0.448. The predicted octanol–water partition coefficient (Wildman–Crippen LogP) is 4.41. The van der Waals surface area contributed by atoms with Crippen molar-refractivity contribution in [2.75, 3.05) is 6.54 Å². The van der Waals surface area contributed by atoms with E-state index in [9.17, 15) is 0 Å². The van der Waals surface area contributed by atoms with E-state index in [0.29, 0.717) is 6.04 Å². The number of halogens is 2. The summed E-state index contributed by atoms with van der Waals surface area (Å²) >= 11 is 9.85. The third-order valence-electron chi connectivity index (χ3n) is 3.78. The smallest absolute Gasteiger partial charge is 0.0499 e. The third-order valence-corrected chi connectivity index (χ3v) is 4.85. The van der Waals surface area contributed by atoms with Crippen LogP contribution in [0.1, 0.15) is 31.0 Å². The summed E-state index contributed by atoms with van der Waals surface area (Å²) < 4.78 is 3.46. The number of benzene rings is 1. The second kappa shape index (κ2) is 4.87. The van der Waals surface area contributed by atoms with E-state index < -0.39 is 0 Å². The number of aryl methyl sites for hydroxylation is 1. The van der Waals surface area contributed by atoms with E-state index in [1.54, 1.807) is 0 Å². The van der Waals surface area contributed by atoms with E-state index in [-0.39, 0.29) is 0 Å². The molecule has 0 spiro atoms. The zero-order chi connectivity index (χ0) is 12.7. The standard InChI is InChI=1S/C14H16BrClN2/c1-18-12-6-5-9(16)8-10(12)13(15)14(18)11-4-2-3-7-17-11/h5-6,8,11,17H,2-4,7H2,1H3. The molecule has 1 N–H and O–H groups in total. The van der Waals surface area contributed by atoms with Crippen LogP contribution in [0.25, 0.3) is 10.9 Å². The molecule has 1 saturated heterocycles. The summed E-state index contributed by atoms with van der Waals surface area (Å²) in [5, 5.41) is 5.60. The van der Waals surface area contributed by atoms with Gasteiger partial charge in [0, 0.05) is 39.2 Å². The normalized spacial score (nSPS) is 20.5. The molecule has 2 aromatic rings. The lowest BCUT2D eigenvalue weighted by Crippen LogP contribution is -2.28. The number of hydrogen-bond donors (Lipinski definition) is 1. The highest BCUT2D eigenvalue weighted by molar-refractivity contribution is 9.10. The summed E-state index contributed by atoms with van der Waals surface area (Å²) in [5.74, 6) is 0. The highest BCUT2D eigenvalue weighted by Crippen LogP contribution is 2.37. The zero-order valence-electron chi connectivity index (χ0n) is 10.3. The fraction of sp³-hybridized carbons (Fsp3) is 0.429. The topological polar surface area (TPSA) is 17.0 Å². The summed E-state index contributed by atoms with van der Waals surface area (Å²) in [7, 11) is 2.13. The first-order chi connectivity index (χ1) is 8.68. The summed E-state index contributed by atoms with van der Waals surface area (Å²) in [4.78, 5) is 0. The molecule has 1 aromatic carbocycles. The van der Waals surface area contributed by atoms with Crippen LogP contribution in [0.5, 0.6) is 0 Å². The molecule has 1 atom stereocenters. The average molecular weight is 328 g/mol. The first kappa shape index (κ1) is 12.5. The van der Waals surface area contributed by atoms with E-state index in [1.807, 2.05) is 12.1 Å². The maximum absolute atomic E-state index is 6.09. The molecule has 0 aliphatic carbocycles. The van der Waals surface area contributed by atoms with Gasteiger partial charge in [-0.1, -0.05) is 18.0 Å². The molecule has 1 unspecified atom stereocenters. The third kappa shape index (κ3) is 1.98. The second-order valence-electron chi connectivity index (χ2n) is 4.92. The van der Waals surface area contributed by atoms with Crippen molar-refractivity contribution in [3.63, 3.8) is 0 Å². The molecule has 0 radical (unpaired) electrons. The average Bonchev–Trinajstić information content (AvgIpc) is 2.63. The summed E-state index contributed by atoms with van der Waals surface area (Å²) in [5.41, 5.74) is 2.57. The Balaban J connectivity index is 2.16. The molecule has 2 heterocycles. The van der Waals surface area contributed by atoms with Gasteiger partial charge in [0.1, 0.15) is 0 Å². The molecule has 3 rings (SSSR count). The van der Waals surface area contributed by atoms with Crippen LogP contribution in [0.15, 0.2) is 22.7 Å². The van der Waals surface area contributed by atoms with Gasteiger partial charge in [0.15, 0.2) is 0 Å². The van der Waals surface area contributed by atoms with Crippen LogP contribution < -0.4 is 5.32 Å². The molecule has 1 aliphatic rings. The first-order valence-electron chi connectivity index (χ1n) is 6.35. The van der Waals surface area contributed by atoms with Crippen molar-refractivity contribution < 1.29 is 0 Å². The first-order valence-corrected chi connectivity index (χ1v) is 7.52. The molecule has 18 heavy (non-hydrogen) atoms. The van der Waals surface area contributed by atoms with Crippen LogP contribution >= 0.6 is 27.5 Å². The van der Waals surface area contributed by atoms with Gasteiger partial charge in [-0.25, -0.2) is 0 Å². The van der Waals surface area contributed by atoms with E-state index in [1.165, 1.54) is 40.3 Å². The summed E-state index contributed by atoms with van der Waals surface area (Å²) in [6, 6.07) is 6.53. The number of piperidine rings is 1. The Morgan fingerprint density at radius 1 is 1.39 bits per heavy atom. The number of aromatic nitrogens is 1. The molecular formula is C14H16BrClN2. The van der Waals surface area contributed by atoms with Crippen LogP contribution in [0.4, 0.5) is 0 Å². The molecule has 0 bridgehead atoms. The highest BCUT2D eigenvalue weighted by atomic mass is 79.9. The highest BCUT2D eigenvalue weighted by Gasteiger charge is 2.23. The second-order valence-corrected chi connectivity index (χ2v) is 6.15. The van der Waals surface area contributed by atoms with Crippen LogP contribution in [0, 0.1) is 0 Å². The summed E-state index contributed by atoms with van der Waals surface area (Å²) in [6.07, 6.45) is 3.78. The fourth-order valence-electron chi connectivity index (χ4n) is 2.86. The van der Waals surface area contributed by atoms with Crippen LogP contribution in [0.2, 0.25) is 5.02 Å². The number of nitrogens with one attached hydrogen (secondary N) is 1. The lowest BCUT2D eigenvalue weighted by Gasteiger charge is -2.24. The molecular weight excluding hydrogens is 312 g/mol. The van der Waals surface area contributed by atoms with Crippen molar-refractivity contribution in [3.05, 3.63) is 33.4 Å². The van der Waals surface area contributed by atoms with Crippen molar-refractivity contribution in [1.29, 1.82) is 0 Å². The molecule has 4 heteroatoms. The van der Waals surface area contributed by atoms with E-state index in [4.69, 9.17) is 11.6 Å². The molecule has 1 fully saturated rings. The van der Waals surface area contributed by atoms with Gasteiger partial charge in [0.2, 0.25) is 0 Å². The molecule has 1 aliphatic heterocycles. The van der Waals surface area contributed by atoms with Gasteiger partial charge in [-0.15, -0.1) is 0 Å². The molecule has 2 nitrogen and oxygen atoms in total. The van der Waals surface area contributed by atoms with Gasteiger partial charge in [0.05, 0.1) is 0 Å². The zero-order valence-corrected chi connectivity index (χ0v) is 12.7. The van der Waals surface area contributed by atoms with Crippen LogP contribution in [0.3, 0.4) is 0 Å². The van der Waals surface area contributed by atoms with Crippen molar-refractivity contribution in [2.24, 2.45) is 7.05 Å². The Bertz CT molecular complexity index is 585. The summed E-state index contributed by atoms with van der Waals surface area (Å²) in [6.45, 7) is 1.11. The van der Waals surface area contributed by atoms with Gasteiger partial charge in [-0.3, -0.25) is 0 Å². The number of nitrogens with zero attached hydrogens (tertiary/aromatic N) is 1. The van der Waals surface area contributed by atoms with Crippen molar-refractivity contribution in [3.8, 4) is 0 Å². The largest absolute Gasteiger partial charge is 0.345 e. The van der Waals surface area contributed by atoms with Crippen LogP contribution in [-0.2, 0) is 7.05 Å². The minimum Gasteiger partial charge on any atom is -0.345 e. The van der Waals surface area contributed by atoms with E-state index >= 15 is 0 Å². The lowest BCUT2D eigenvalue weighted by atomic mass is 10.0. The predicted molar refractivity (Wildman–Crippen MR) is 80.2 cm³/mol. The molecule has 96 valence electrons. The number of hydrogen-bond acceptors (Lipinski definition) is 1. The Kier molecular flexibility index (Phi) is 3.39. The van der Waals surface area contributed by atoms with Gasteiger partial charge in [-0.2, -0.15) is 0 Å². The SMILES string of the molecule is Cn1c(C2CCCCN2)c(Br)c2cc(Cl)ccc21. The Hall–Kier alpha value is -0.510. The Labute approximate surface area is 120 Å². The lowest BCUT2D eigenvalue weighted by molar-refractivity contribution is 0.398.